The van der Waals surface area contributed by atoms with E-state index in [1.54, 1.807) is 18.2 Å². The lowest BCUT2D eigenvalue weighted by Gasteiger charge is -2.39. The normalized spacial score (nSPS) is 26.5. The zero-order valence-corrected chi connectivity index (χ0v) is 12.3. The summed E-state index contributed by atoms with van der Waals surface area (Å²) in [5.41, 5.74) is 0.318. The van der Waals surface area contributed by atoms with E-state index in [0.29, 0.717) is 18.0 Å². The van der Waals surface area contributed by atoms with E-state index in [0.717, 1.165) is 25.7 Å². The Balaban J connectivity index is 2.03. The first-order valence-electron chi connectivity index (χ1n) is 7.27. The van der Waals surface area contributed by atoms with Crippen molar-refractivity contribution in [1.29, 1.82) is 0 Å². The lowest BCUT2D eigenvalue weighted by atomic mass is 9.77. The van der Waals surface area contributed by atoms with Gasteiger partial charge in [0.2, 0.25) is 0 Å². The van der Waals surface area contributed by atoms with E-state index < -0.39 is 0 Å². The third-order valence-electron chi connectivity index (χ3n) is 4.45. The van der Waals surface area contributed by atoms with Gasteiger partial charge >= 0.3 is 0 Å². The van der Waals surface area contributed by atoms with Crippen LogP contribution >= 0.6 is 0 Å². The lowest BCUT2D eigenvalue weighted by Crippen LogP contribution is -2.50. The number of hydrogen-bond acceptors (Lipinski definition) is 3. The van der Waals surface area contributed by atoms with E-state index in [4.69, 9.17) is 4.74 Å². The maximum absolute atomic E-state index is 14.1. The molecule has 1 fully saturated rings. The van der Waals surface area contributed by atoms with Crippen molar-refractivity contribution in [2.45, 2.75) is 44.7 Å². The fraction of sp³-hybridized carbons (Fsp3) is 0.625. The number of hydrogen-bond donors (Lipinski definition) is 2. The standard InChI is InChI=1S/C16H24FNO2/c1-12-6-8-16(11-19,9-7-12)18-10-13-4-3-5-14(20-2)15(13)17/h3-5,12,18-19H,6-11H2,1-2H3. The maximum atomic E-state index is 14.1. The number of nitrogens with one attached hydrogen (secondary N) is 1. The van der Waals surface area contributed by atoms with Gasteiger partial charge in [-0.15, -0.1) is 0 Å². The highest BCUT2D eigenvalue weighted by Gasteiger charge is 2.33. The summed E-state index contributed by atoms with van der Waals surface area (Å²) >= 11 is 0. The van der Waals surface area contributed by atoms with Crippen LogP contribution in [0.1, 0.15) is 38.2 Å². The highest BCUT2D eigenvalue weighted by Crippen LogP contribution is 2.32. The monoisotopic (exact) mass is 281 g/mol. The largest absolute Gasteiger partial charge is 0.494 e. The molecule has 20 heavy (non-hydrogen) atoms. The van der Waals surface area contributed by atoms with Crippen molar-refractivity contribution >= 4 is 0 Å². The van der Waals surface area contributed by atoms with Crippen LogP contribution in [0.25, 0.3) is 0 Å². The second-order valence-corrected chi connectivity index (χ2v) is 5.91. The van der Waals surface area contributed by atoms with Gasteiger partial charge in [-0.05, 0) is 37.7 Å². The number of methoxy groups -OCH3 is 1. The third-order valence-corrected chi connectivity index (χ3v) is 4.45. The highest BCUT2D eigenvalue weighted by atomic mass is 19.1. The SMILES string of the molecule is COc1cccc(CNC2(CO)CCC(C)CC2)c1F. The van der Waals surface area contributed by atoms with E-state index in [1.807, 2.05) is 0 Å². The first-order chi connectivity index (χ1) is 9.60. The van der Waals surface area contributed by atoms with Crippen LogP contribution in [0.3, 0.4) is 0 Å². The van der Waals surface area contributed by atoms with E-state index in [-0.39, 0.29) is 23.7 Å². The Morgan fingerprint density at radius 1 is 1.40 bits per heavy atom. The molecular formula is C16H24FNO2. The van der Waals surface area contributed by atoms with E-state index >= 15 is 0 Å². The Labute approximate surface area is 120 Å². The molecule has 2 rings (SSSR count). The summed E-state index contributed by atoms with van der Waals surface area (Å²) in [5.74, 6) is 0.657. The van der Waals surface area contributed by atoms with Crippen molar-refractivity contribution in [3.8, 4) is 5.75 Å². The highest BCUT2D eigenvalue weighted by molar-refractivity contribution is 5.31. The Bertz CT molecular complexity index is 442. The molecule has 0 heterocycles. The molecule has 3 nitrogen and oxygen atoms in total. The fourth-order valence-corrected chi connectivity index (χ4v) is 2.84. The number of benzene rings is 1. The van der Waals surface area contributed by atoms with Gasteiger partial charge in [-0.2, -0.15) is 0 Å². The molecule has 0 unspecified atom stereocenters. The molecule has 0 spiro atoms. The molecule has 0 aromatic heterocycles. The smallest absolute Gasteiger partial charge is 0.169 e. The topological polar surface area (TPSA) is 41.5 Å². The molecule has 2 N–H and O–H groups in total. The van der Waals surface area contributed by atoms with Crippen molar-refractivity contribution < 1.29 is 14.2 Å². The van der Waals surface area contributed by atoms with Gasteiger partial charge in [-0.1, -0.05) is 19.1 Å². The predicted molar refractivity (Wildman–Crippen MR) is 77.2 cm³/mol. The minimum atomic E-state index is -0.320. The predicted octanol–water partition coefficient (Wildman–Crippen LogP) is 2.87. The van der Waals surface area contributed by atoms with Crippen LogP contribution in [0, 0.1) is 11.7 Å². The van der Waals surface area contributed by atoms with Crippen molar-refractivity contribution in [2.75, 3.05) is 13.7 Å². The Hall–Kier alpha value is -1.13. The molecule has 0 bridgehead atoms. The number of halogens is 1. The number of rotatable bonds is 5. The zero-order valence-electron chi connectivity index (χ0n) is 12.3. The summed E-state index contributed by atoms with van der Waals surface area (Å²) < 4.78 is 19.1. The Kier molecular flexibility index (Phi) is 5.00. The van der Waals surface area contributed by atoms with Crippen molar-refractivity contribution in [3.05, 3.63) is 29.6 Å². The van der Waals surface area contributed by atoms with Gasteiger partial charge in [0.1, 0.15) is 0 Å². The molecule has 0 saturated heterocycles. The Morgan fingerprint density at radius 3 is 2.70 bits per heavy atom. The number of aliphatic hydroxyl groups is 1. The summed E-state index contributed by atoms with van der Waals surface area (Å²) in [6.07, 6.45) is 4.09. The molecule has 1 aliphatic rings. The van der Waals surface area contributed by atoms with Crippen LogP contribution in [0.2, 0.25) is 0 Å². The van der Waals surface area contributed by atoms with Crippen LogP contribution in [0.4, 0.5) is 4.39 Å². The van der Waals surface area contributed by atoms with E-state index in [2.05, 4.69) is 12.2 Å². The van der Waals surface area contributed by atoms with Gasteiger partial charge in [-0.25, -0.2) is 4.39 Å². The van der Waals surface area contributed by atoms with Gasteiger partial charge in [0, 0.05) is 17.6 Å². The summed E-state index contributed by atoms with van der Waals surface area (Å²) in [6, 6.07) is 5.15. The molecule has 1 saturated carbocycles. The second kappa shape index (κ2) is 6.55. The van der Waals surface area contributed by atoms with Crippen molar-refractivity contribution in [3.63, 3.8) is 0 Å². The maximum Gasteiger partial charge on any atom is 0.169 e. The Morgan fingerprint density at radius 2 is 2.10 bits per heavy atom. The molecule has 1 aromatic rings. The van der Waals surface area contributed by atoms with Crippen LogP contribution in [0.15, 0.2) is 18.2 Å². The lowest BCUT2D eigenvalue weighted by molar-refractivity contribution is 0.104. The first-order valence-corrected chi connectivity index (χ1v) is 7.27. The summed E-state index contributed by atoms with van der Waals surface area (Å²) in [4.78, 5) is 0. The van der Waals surface area contributed by atoms with Crippen LogP contribution in [0.5, 0.6) is 5.75 Å². The second-order valence-electron chi connectivity index (χ2n) is 5.91. The number of aliphatic hydroxyl groups excluding tert-OH is 1. The van der Waals surface area contributed by atoms with E-state index in [9.17, 15) is 9.50 Å². The van der Waals surface area contributed by atoms with Gasteiger partial charge < -0.3 is 15.2 Å². The zero-order chi connectivity index (χ0) is 14.6. The fourth-order valence-electron chi connectivity index (χ4n) is 2.84. The van der Waals surface area contributed by atoms with Crippen LogP contribution in [-0.2, 0) is 6.54 Å². The van der Waals surface area contributed by atoms with E-state index in [1.165, 1.54) is 7.11 Å². The molecule has 1 aliphatic carbocycles. The molecule has 4 heteroatoms. The molecule has 112 valence electrons. The van der Waals surface area contributed by atoms with Gasteiger partial charge in [-0.3, -0.25) is 0 Å². The molecule has 0 atom stereocenters. The minimum Gasteiger partial charge on any atom is -0.494 e. The van der Waals surface area contributed by atoms with Crippen molar-refractivity contribution in [1.82, 2.24) is 5.32 Å². The summed E-state index contributed by atoms with van der Waals surface area (Å²) in [5, 5.41) is 13.1. The summed E-state index contributed by atoms with van der Waals surface area (Å²) in [6.45, 7) is 2.76. The van der Waals surface area contributed by atoms with Gasteiger partial charge in [0.05, 0.1) is 13.7 Å². The average molecular weight is 281 g/mol. The molecule has 0 aliphatic heterocycles. The molecule has 1 aromatic carbocycles. The molecule has 0 amide bonds. The van der Waals surface area contributed by atoms with Gasteiger partial charge in [0.15, 0.2) is 11.6 Å². The number of ether oxygens (including phenoxy) is 1. The molecular weight excluding hydrogens is 257 g/mol. The van der Waals surface area contributed by atoms with Crippen LogP contribution < -0.4 is 10.1 Å². The quantitative estimate of drug-likeness (QED) is 0.872. The van der Waals surface area contributed by atoms with Crippen molar-refractivity contribution in [2.24, 2.45) is 5.92 Å². The summed E-state index contributed by atoms with van der Waals surface area (Å²) in [7, 11) is 1.47. The van der Waals surface area contributed by atoms with Crippen LogP contribution in [-0.4, -0.2) is 24.4 Å². The first kappa shape index (κ1) is 15.3. The molecule has 0 radical (unpaired) electrons. The average Bonchev–Trinajstić information content (AvgIpc) is 2.48. The minimum absolute atomic E-state index is 0.102. The van der Waals surface area contributed by atoms with Gasteiger partial charge in [0.25, 0.3) is 0 Å². The third kappa shape index (κ3) is 3.30.